The summed E-state index contributed by atoms with van der Waals surface area (Å²) < 4.78 is 1.95. The van der Waals surface area contributed by atoms with Gasteiger partial charge in [-0.05, 0) is 51.8 Å². The first kappa shape index (κ1) is 14.8. The molecule has 1 heterocycles. The van der Waals surface area contributed by atoms with Crippen molar-refractivity contribution in [3.63, 3.8) is 0 Å². The molecule has 2 nitrogen and oxygen atoms in total. The molecule has 0 aliphatic heterocycles. The summed E-state index contributed by atoms with van der Waals surface area (Å²) in [7, 11) is 0. The number of hydrogen-bond donors (Lipinski definition) is 0. The molecule has 0 saturated carbocycles. The standard InChI is InChI=1S/C14H11Br2NOS/c15-11-1-3-14(4-2-11)19-9-13(18)6-10-5-12(16)8-17-7-10/h1-5,7-8H,6,9H2. The van der Waals surface area contributed by atoms with Gasteiger partial charge in [0, 0.05) is 32.7 Å². The maximum absolute atomic E-state index is 11.9. The van der Waals surface area contributed by atoms with Crippen LogP contribution in [-0.2, 0) is 11.2 Å². The number of rotatable bonds is 5. The number of hydrogen-bond acceptors (Lipinski definition) is 3. The van der Waals surface area contributed by atoms with Crippen LogP contribution < -0.4 is 0 Å². The molecule has 2 rings (SSSR count). The van der Waals surface area contributed by atoms with Crippen LogP contribution >= 0.6 is 43.6 Å². The minimum Gasteiger partial charge on any atom is -0.298 e. The molecular weight excluding hydrogens is 390 g/mol. The predicted molar refractivity (Wildman–Crippen MR) is 85.5 cm³/mol. The first-order valence-electron chi connectivity index (χ1n) is 5.63. The molecule has 1 aromatic carbocycles. The van der Waals surface area contributed by atoms with Crippen LogP contribution in [-0.4, -0.2) is 16.5 Å². The molecule has 5 heteroatoms. The predicted octanol–water partition coefficient (Wildman–Crippen LogP) is 4.51. The summed E-state index contributed by atoms with van der Waals surface area (Å²) in [5.41, 5.74) is 0.941. The van der Waals surface area contributed by atoms with Crippen molar-refractivity contribution in [3.05, 3.63) is 57.2 Å². The minimum absolute atomic E-state index is 0.202. The van der Waals surface area contributed by atoms with Gasteiger partial charge in [-0.15, -0.1) is 11.8 Å². The first-order valence-corrected chi connectivity index (χ1v) is 8.20. The minimum atomic E-state index is 0.202. The van der Waals surface area contributed by atoms with E-state index in [-0.39, 0.29) is 5.78 Å². The van der Waals surface area contributed by atoms with Crippen molar-refractivity contribution < 1.29 is 4.79 Å². The van der Waals surface area contributed by atoms with Crippen LogP contribution in [0.3, 0.4) is 0 Å². The van der Waals surface area contributed by atoms with E-state index in [1.165, 1.54) is 0 Å². The number of carbonyl (C=O) groups excluding carboxylic acids is 1. The molecule has 0 N–H and O–H groups in total. The highest BCUT2D eigenvalue weighted by molar-refractivity contribution is 9.10. The van der Waals surface area contributed by atoms with Gasteiger partial charge in [0.2, 0.25) is 0 Å². The second kappa shape index (κ2) is 7.22. The molecule has 0 bridgehead atoms. The second-order valence-corrected chi connectivity index (χ2v) is 6.85. The number of halogens is 2. The lowest BCUT2D eigenvalue weighted by Gasteiger charge is -2.02. The molecule has 0 saturated heterocycles. The third kappa shape index (κ3) is 5.09. The smallest absolute Gasteiger partial charge is 0.147 e. The maximum Gasteiger partial charge on any atom is 0.147 e. The van der Waals surface area contributed by atoms with Crippen LogP contribution in [0.5, 0.6) is 0 Å². The quantitative estimate of drug-likeness (QED) is 0.691. The van der Waals surface area contributed by atoms with E-state index in [0.29, 0.717) is 12.2 Å². The summed E-state index contributed by atoms with van der Waals surface area (Å²) in [5, 5.41) is 0. The number of thioether (sulfide) groups is 1. The van der Waals surface area contributed by atoms with E-state index in [4.69, 9.17) is 0 Å². The first-order chi connectivity index (χ1) is 9.13. The largest absolute Gasteiger partial charge is 0.298 e. The van der Waals surface area contributed by atoms with E-state index in [1.54, 1.807) is 24.2 Å². The Hall–Kier alpha value is -0.650. The van der Waals surface area contributed by atoms with Gasteiger partial charge in [-0.25, -0.2) is 0 Å². The summed E-state index contributed by atoms with van der Waals surface area (Å²) in [6.45, 7) is 0. The fourth-order valence-corrected chi connectivity index (χ4v) is 2.96. The van der Waals surface area contributed by atoms with Crippen molar-refractivity contribution in [3.8, 4) is 0 Å². The van der Waals surface area contributed by atoms with Crippen molar-refractivity contribution in [2.75, 3.05) is 5.75 Å². The molecule has 98 valence electrons. The summed E-state index contributed by atoms with van der Waals surface area (Å²) in [6, 6.07) is 9.89. The number of aromatic nitrogens is 1. The van der Waals surface area contributed by atoms with Gasteiger partial charge in [-0.3, -0.25) is 9.78 Å². The molecule has 19 heavy (non-hydrogen) atoms. The van der Waals surface area contributed by atoms with Crippen LogP contribution in [0.25, 0.3) is 0 Å². The Balaban J connectivity index is 1.86. The SMILES string of the molecule is O=C(CSc1ccc(Br)cc1)Cc1cncc(Br)c1. The Morgan fingerprint density at radius 2 is 1.84 bits per heavy atom. The molecule has 0 amide bonds. The van der Waals surface area contributed by atoms with Gasteiger partial charge >= 0.3 is 0 Å². The van der Waals surface area contributed by atoms with Gasteiger partial charge in [-0.2, -0.15) is 0 Å². The Kier molecular flexibility index (Phi) is 5.60. The second-order valence-electron chi connectivity index (χ2n) is 3.97. The van der Waals surface area contributed by atoms with Crippen LogP contribution in [0, 0.1) is 0 Å². The van der Waals surface area contributed by atoms with E-state index in [0.717, 1.165) is 19.4 Å². The van der Waals surface area contributed by atoms with Crippen LogP contribution in [0.15, 0.2) is 56.6 Å². The lowest BCUT2D eigenvalue weighted by atomic mass is 10.2. The molecule has 0 unspecified atom stereocenters. The van der Waals surface area contributed by atoms with Gasteiger partial charge in [-0.1, -0.05) is 15.9 Å². The maximum atomic E-state index is 11.9. The van der Waals surface area contributed by atoms with Crippen molar-refractivity contribution in [2.45, 2.75) is 11.3 Å². The van der Waals surface area contributed by atoms with Crippen molar-refractivity contribution in [1.82, 2.24) is 4.98 Å². The fourth-order valence-electron chi connectivity index (χ4n) is 1.53. The van der Waals surface area contributed by atoms with Gasteiger partial charge in [0.05, 0.1) is 5.75 Å². The molecular formula is C14H11Br2NOS. The zero-order valence-electron chi connectivity index (χ0n) is 9.98. The highest BCUT2D eigenvalue weighted by Crippen LogP contribution is 2.21. The lowest BCUT2D eigenvalue weighted by Crippen LogP contribution is -2.05. The lowest BCUT2D eigenvalue weighted by molar-refractivity contribution is -0.116. The number of nitrogens with zero attached hydrogens (tertiary/aromatic N) is 1. The van der Waals surface area contributed by atoms with Crippen LogP contribution in [0.1, 0.15) is 5.56 Å². The fraction of sp³-hybridized carbons (Fsp3) is 0.143. The average Bonchev–Trinajstić information content (AvgIpc) is 2.38. The van der Waals surface area contributed by atoms with Crippen LogP contribution in [0.2, 0.25) is 0 Å². The van der Waals surface area contributed by atoms with E-state index in [2.05, 4.69) is 36.8 Å². The number of carbonyl (C=O) groups is 1. The van der Waals surface area contributed by atoms with E-state index in [1.807, 2.05) is 30.3 Å². The topological polar surface area (TPSA) is 30.0 Å². The summed E-state index contributed by atoms with van der Waals surface area (Å²) in [5.74, 6) is 0.682. The van der Waals surface area contributed by atoms with Gasteiger partial charge in [0.15, 0.2) is 0 Å². The summed E-state index contributed by atoms with van der Waals surface area (Å²) in [6.07, 6.45) is 3.87. The molecule has 0 atom stereocenters. The number of Topliss-reactive ketones (excluding diaryl/α,β-unsaturated/α-hetero) is 1. The van der Waals surface area contributed by atoms with Crippen molar-refractivity contribution >= 4 is 49.4 Å². The summed E-state index contributed by atoms with van der Waals surface area (Å²) in [4.78, 5) is 17.0. The summed E-state index contributed by atoms with van der Waals surface area (Å²) >= 11 is 8.30. The Morgan fingerprint density at radius 3 is 2.53 bits per heavy atom. The molecule has 1 aromatic heterocycles. The number of benzene rings is 1. The number of pyridine rings is 1. The average molecular weight is 401 g/mol. The monoisotopic (exact) mass is 399 g/mol. The van der Waals surface area contributed by atoms with Crippen molar-refractivity contribution in [2.24, 2.45) is 0 Å². The van der Waals surface area contributed by atoms with E-state index in [9.17, 15) is 4.79 Å². The highest BCUT2D eigenvalue weighted by atomic mass is 79.9. The Bertz CT molecular complexity index is 572. The third-order valence-corrected chi connectivity index (χ3v) is 4.41. The van der Waals surface area contributed by atoms with E-state index < -0.39 is 0 Å². The highest BCUT2D eigenvalue weighted by Gasteiger charge is 2.06. The molecule has 2 aromatic rings. The Morgan fingerprint density at radius 1 is 1.11 bits per heavy atom. The van der Waals surface area contributed by atoms with Gasteiger partial charge in [0.1, 0.15) is 5.78 Å². The number of ketones is 1. The molecule has 0 aliphatic rings. The molecule has 0 fully saturated rings. The Labute approximate surface area is 133 Å². The van der Waals surface area contributed by atoms with Gasteiger partial charge in [0.25, 0.3) is 0 Å². The normalized spacial score (nSPS) is 10.4. The zero-order valence-corrected chi connectivity index (χ0v) is 14.0. The zero-order chi connectivity index (χ0) is 13.7. The van der Waals surface area contributed by atoms with Gasteiger partial charge < -0.3 is 0 Å². The van der Waals surface area contributed by atoms with Crippen molar-refractivity contribution in [1.29, 1.82) is 0 Å². The molecule has 0 radical (unpaired) electrons. The van der Waals surface area contributed by atoms with E-state index >= 15 is 0 Å². The molecule has 0 spiro atoms. The molecule has 0 aliphatic carbocycles. The third-order valence-electron chi connectivity index (χ3n) is 2.38. The van der Waals surface area contributed by atoms with Crippen LogP contribution in [0.4, 0.5) is 0 Å².